The number of H-pyrrole nitrogens is 3. The van der Waals surface area contributed by atoms with Crippen molar-refractivity contribution in [3.05, 3.63) is 110 Å². The minimum absolute atomic E-state index is 0. The average Bonchev–Trinajstić information content (AvgIpc) is 4.31. The van der Waals surface area contributed by atoms with Gasteiger partial charge in [-0.05, 0) is 84.9 Å². The highest BCUT2D eigenvalue weighted by Crippen LogP contribution is 2.30. The number of nitrogens with zero attached hydrogens (tertiary/aromatic N) is 11. The number of pyridine rings is 3. The van der Waals surface area contributed by atoms with Gasteiger partial charge in [0.1, 0.15) is 40.6 Å². The smallest absolute Gasteiger partial charge is 0.356 e. The number of hydrogen-bond acceptors (Lipinski definition) is 15. The minimum Gasteiger partial charge on any atom is -0.356 e. The van der Waals surface area contributed by atoms with Crippen LogP contribution in [0.3, 0.4) is 0 Å². The predicted octanol–water partition coefficient (Wildman–Crippen LogP) is 10.0. The maximum Gasteiger partial charge on any atom is 0.406 e. The number of rotatable bonds is 15. The third kappa shape index (κ3) is 13.6. The van der Waals surface area contributed by atoms with Gasteiger partial charge in [0.05, 0.1) is 18.6 Å². The predicted molar refractivity (Wildman–Crippen MR) is 300 cm³/mol. The first-order valence-corrected chi connectivity index (χ1v) is 24.4. The Hall–Kier alpha value is -9.30. The van der Waals surface area contributed by atoms with Gasteiger partial charge in [-0.1, -0.05) is 0 Å². The molecule has 0 fully saturated rings. The molecular weight excluding hydrogens is 1040 g/mol. The van der Waals surface area contributed by atoms with E-state index in [0.29, 0.717) is 68.7 Å². The summed E-state index contributed by atoms with van der Waals surface area (Å²) in [6.45, 7) is 11.4. The third-order valence-corrected chi connectivity index (χ3v) is 11.9. The Bertz CT molecular complexity index is 3650. The minimum atomic E-state index is -4.53. The number of halogens is 6. The number of aromatic amines is 3. The maximum absolute atomic E-state index is 14.3. The van der Waals surface area contributed by atoms with Crippen molar-refractivity contribution in [2.24, 2.45) is 0 Å². The number of aromatic nitrogens is 12. The van der Waals surface area contributed by atoms with Gasteiger partial charge in [-0.15, -0.1) is 0 Å². The molecule has 79 heavy (non-hydrogen) atoms. The van der Waals surface area contributed by atoms with Crippen LogP contribution in [0.25, 0.3) is 67.3 Å². The van der Waals surface area contributed by atoms with E-state index >= 15 is 0 Å². The highest BCUT2D eigenvalue weighted by molar-refractivity contribution is 5.94. The van der Waals surface area contributed by atoms with E-state index in [1.807, 2.05) is 32.0 Å². The van der Waals surface area contributed by atoms with Crippen molar-refractivity contribution in [3.63, 3.8) is 0 Å². The van der Waals surface area contributed by atoms with Crippen molar-refractivity contribution in [2.45, 2.75) is 71.8 Å². The Morgan fingerprint density at radius 1 is 0.608 bits per heavy atom. The molecule has 9 aromatic heterocycles. The van der Waals surface area contributed by atoms with Gasteiger partial charge in [0.25, 0.3) is 0 Å². The molecule has 0 saturated heterocycles. The van der Waals surface area contributed by atoms with Gasteiger partial charge < -0.3 is 46.0 Å². The molecule has 0 saturated carbocycles. The van der Waals surface area contributed by atoms with Crippen molar-refractivity contribution in [3.8, 4) is 34.2 Å². The highest BCUT2D eigenvalue weighted by Gasteiger charge is 2.34. The molecule has 21 nitrogen and oxygen atoms in total. The van der Waals surface area contributed by atoms with Crippen LogP contribution >= 0.6 is 0 Å². The first-order chi connectivity index (χ1) is 37.4. The number of nitrogens with one attached hydrogen (secondary N) is 7. The van der Waals surface area contributed by atoms with E-state index in [1.165, 1.54) is 6.92 Å². The molecule has 0 aliphatic carbocycles. The number of hydrogen-bond donors (Lipinski definition) is 7. The molecule has 0 radical (unpaired) electrons. The van der Waals surface area contributed by atoms with Gasteiger partial charge in [-0.3, -0.25) is 14.4 Å². The fourth-order valence-electron chi connectivity index (χ4n) is 7.84. The molecule has 0 unspecified atom stereocenters. The lowest BCUT2D eigenvalue weighted by molar-refractivity contribution is -0.158. The van der Waals surface area contributed by atoms with E-state index in [0.717, 1.165) is 36.4 Å². The van der Waals surface area contributed by atoms with Gasteiger partial charge in [-0.2, -0.15) is 13.2 Å². The van der Waals surface area contributed by atoms with E-state index in [-0.39, 0.29) is 45.1 Å². The third-order valence-electron chi connectivity index (χ3n) is 11.9. The standard InChI is InChI=1S/C18H21FN6O.C17H16F4N6O.C17H19FN6O.7H2/c1-5-25(4)17(26)18(2,3)24-16-13(19)10-22-15(23-16)12-9-21-14-11(12)7-6-8-20-14;1-9(16(28)27(2)8-17(19,20)21)25-15-12(18)7-24-14(26-15)11-6-23-13-10(11)4-3-5-22-13;1-4-19-16(25)17(2,3)24-15-12(18)9-22-14(23-15)11-8-21-13-10(11)6-5-7-20-13;;;;;;;/h6-10H,5H2,1-4H3,(H,20,21)(H,22,23,24);3-7,9H,8H2,1-2H3,(H,22,23)(H,24,25,26);5-9H,4H2,1-3H3,(H,19,25)(H,20,21)(H,22,23,24);7*1H/t;9-;;;;;;;;/m.1......../s1. The lowest BCUT2D eigenvalue weighted by Gasteiger charge is -2.30. The molecule has 428 valence electrons. The van der Waals surface area contributed by atoms with Gasteiger partial charge in [0, 0.05) is 107 Å². The Balaban J connectivity index is 0.00000121. The Morgan fingerprint density at radius 2 is 1.00 bits per heavy atom. The normalized spacial score (nSPS) is 12.0. The van der Waals surface area contributed by atoms with Crippen LogP contribution in [-0.2, 0) is 14.4 Å². The maximum atomic E-state index is 14.3. The van der Waals surface area contributed by atoms with Crippen LogP contribution in [0, 0.1) is 17.5 Å². The van der Waals surface area contributed by atoms with Crippen LogP contribution in [0.15, 0.2) is 92.2 Å². The Morgan fingerprint density at radius 3 is 1.39 bits per heavy atom. The summed E-state index contributed by atoms with van der Waals surface area (Å²) in [7, 11) is 2.72. The first-order valence-electron chi connectivity index (χ1n) is 24.4. The lowest BCUT2D eigenvalue weighted by Crippen LogP contribution is -2.48. The molecule has 0 spiro atoms. The number of alkyl halides is 3. The fourth-order valence-corrected chi connectivity index (χ4v) is 7.84. The summed E-state index contributed by atoms with van der Waals surface area (Å²) in [5.74, 6) is -2.80. The summed E-state index contributed by atoms with van der Waals surface area (Å²) in [6.07, 6.45) is 8.62. The number of likely N-dealkylation sites (N-methyl/N-ethyl adjacent to an activating group) is 3. The Labute approximate surface area is 458 Å². The molecule has 9 aromatic rings. The number of carbonyl (C=O) groups excluding carboxylic acids is 3. The zero-order valence-corrected chi connectivity index (χ0v) is 44.3. The van der Waals surface area contributed by atoms with E-state index in [2.05, 4.69) is 81.1 Å². The fraction of sp³-hybridized carbons (Fsp3) is 0.308. The van der Waals surface area contributed by atoms with Gasteiger partial charge in [0.2, 0.25) is 17.7 Å². The molecule has 7 N–H and O–H groups in total. The van der Waals surface area contributed by atoms with Crippen LogP contribution in [0.1, 0.15) is 58.5 Å². The summed E-state index contributed by atoms with van der Waals surface area (Å²) >= 11 is 0. The van der Waals surface area contributed by atoms with Crippen molar-refractivity contribution in [1.29, 1.82) is 0 Å². The largest absolute Gasteiger partial charge is 0.406 e. The quantitative estimate of drug-likeness (QED) is 0.0471. The lowest BCUT2D eigenvalue weighted by atomic mass is 10.0. The number of anilines is 3. The molecule has 0 aliphatic heterocycles. The molecule has 1 atom stereocenters. The van der Waals surface area contributed by atoms with Crippen LogP contribution in [0.4, 0.5) is 43.8 Å². The molecule has 9 rings (SSSR count). The summed E-state index contributed by atoms with van der Waals surface area (Å²) in [5.41, 5.74) is 1.94. The van der Waals surface area contributed by atoms with Crippen molar-refractivity contribution in [1.82, 2.24) is 74.9 Å². The molecule has 27 heteroatoms. The van der Waals surface area contributed by atoms with Gasteiger partial charge >= 0.3 is 6.18 Å². The van der Waals surface area contributed by atoms with Crippen LogP contribution < -0.4 is 21.3 Å². The topological polar surface area (TPSA) is 269 Å². The zero-order valence-electron chi connectivity index (χ0n) is 44.3. The van der Waals surface area contributed by atoms with Crippen LogP contribution in [-0.4, -0.2) is 144 Å². The second-order valence-corrected chi connectivity index (χ2v) is 18.8. The summed E-state index contributed by atoms with van der Waals surface area (Å²) in [6, 6.07) is 9.76. The van der Waals surface area contributed by atoms with E-state index in [9.17, 15) is 40.7 Å². The summed E-state index contributed by atoms with van der Waals surface area (Å²) in [5, 5.41) is 13.4. The van der Waals surface area contributed by atoms with Crippen LogP contribution in [0.2, 0.25) is 0 Å². The van der Waals surface area contributed by atoms with Crippen LogP contribution in [0.5, 0.6) is 0 Å². The molecule has 0 aliphatic rings. The zero-order chi connectivity index (χ0) is 57.4. The molecule has 9 heterocycles. The highest BCUT2D eigenvalue weighted by atomic mass is 19.4. The molecule has 3 amide bonds. The number of fused-ring (bicyclic) bond motifs is 3. The molecule has 0 aromatic carbocycles. The van der Waals surface area contributed by atoms with E-state index in [4.69, 9.17) is 0 Å². The first kappa shape index (κ1) is 57.4. The number of amides is 3. The molecular formula is C52H70F6N18O3. The van der Waals surface area contributed by atoms with Crippen molar-refractivity contribution < 1.29 is 50.7 Å². The van der Waals surface area contributed by atoms with Gasteiger partial charge in [-0.25, -0.2) is 58.0 Å². The SMILES string of the molecule is CCN(C)C(=O)C(C)(C)Nc1nc(-c2c[nH]c3ncccc23)ncc1F.CCNC(=O)C(C)(C)Nc1nc(-c2c[nH]c3ncccc23)ncc1F.C[C@@H](Nc1nc(-c2c[nH]c3ncccc23)ncc1F)C(=O)N(C)CC(F)(F)F.[HH].[HH].[HH].[HH].[HH].[HH].[HH]. The van der Waals surface area contributed by atoms with Crippen molar-refractivity contribution >= 4 is 68.3 Å². The monoisotopic (exact) mass is 1110 g/mol. The second-order valence-electron chi connectivity index (χ2n) is 18.8. The second kappa shape index (κ2) is 23.9. The van der Waals surface area contributed by atoms with Gasteiger partial charge in [0.15, 0.2) is 52.4 Å². The van der Waals surface area contributed by atoms with E-state index in [1.54, 1.807) is 95.0 Å². The van der Waals surface area contributed by atoms with E-state index < -0.39 is 53.2 Å². The average molecular weight is 1110 g/mol. The Kier molecular flexibility index (Phi) is 17.4. The number of carbonyl (C=O) groups is 3. The van der Waals surface area contributed by atoms with Crippen molar-refractivity contribution in [2.75, 3.05) is 49.7 Å². The summed E-state index contributed by atoms with van der Waals surface area (Å²) < 4.78 is 79.9. The summed E-state index contributed by atoms with van der Waals surface area (Å²) in [4.78, 5) is 85.2. The molecule has 0 bridgehead atoms.